The van der Waals surface area contributed by atoms with Gasteiger partial charge in [-0.3, -0.25) is 0 Å². The molecule has 0 amide bonds. The van der Waals surface area contributed by atoms with Crippen LogP contribution in [0.4, 0.5) is 12.7 Å². The van der Waals surface area contributed by atoms with Gasteiger partial charge in [0.25, 0.3) is 0 Å². The topological polar surface area (TPSA) is 43.4 Å². The molecule has 0 saturated carbocycles. The van der Waals surface area contributed by atoms with Crippen molar-refractivity contribution in [1.29, 1.82) is 0 Å². The maximum absolute atomic E-state index is 12.5. The minimum absolute atomic E-state index is 0.152. The van der Waals surface area contributed by atoms with Crippen molar-refractivity contribution in [2.75, 3.05) is 6.61 Å². The van der Waals surface area contributed by atoms with Crippen molar-refractivity contribution in [2.24, 2.45) is 0 Å². The summed E-state index contributed by atoms with van der Waals surface area (Å²) in [5.74, 6) is 0. The normalized spacial score (nSPS) is 12.6. The fraction of sp³-hybridized carbons (Fsp3) is 0.833. The maximum Gasteiger partial charge on any atom is 0.440 e. The molecule has 0 heterocycles. The van der Waals surface area contributed by atoms with Crippen molar-refractivity contribution in [1.82, 2.24) is 0 Å². The number of halogens is 3. The van der Waals surface area contributed by atoms with Crippen molar-refractivity contribution in [3.05, 3.63) is 0 Å². The van der Waals surface area contributed by atoms with Gasteiger partial charge >= 0.3 is 15.5 Å². The van der Waals surface area contributed by atoms with E-state index >= 15 is 0 Å². The summed E-state index contributed by atoms with van der Waals surface area (Å²) in [6.45, 7) is 1.62. The Morgan fingerprint density at radius 3 is 2.36 bits per heavy atom. The molecule has 0 aromatic heterocycles. The van der Waals surface area contributed by atoms with Gasteiger partial charge in [-0.25, -0.2) is 0 Å². The molecule has 84 valence electrons. The molecule has 0 aliphatic rings. The third-order valence-corrected chi connectivity index (χ3v) is 2.58. The van der Waals surface area contributed by atoms with Crippen LogP contribution >= 0.6 is 12.2 Å². The van der Waals surface area contributed by atoms with Crippen molar-refractivity contribution in [3.63, 3.8) is 0 Å². The van der Waals surface area contributed by atoms with Crippen LogP contribution in [0.5, 0.6) is 0 Å². The Morgan fingerprint density at radius 1 is 1.50 bits per heavy atom. The van der Waals surface area contributed by atoms with E-state index in [0.717, 1.165) is 0 Å². The highest BCUT2D eigenvalue weighted by Crippen LogP contribution is 2.26. The average molecular weight is 250 g/mol. The molecule has 0 aliphatic heterocycles. The largest absolute Gasteiger partial charge is 0.481 e. The fourth-order valence-corrected chi connectivity index (χ4v) is 1.13. The molecule has 0 fully saturated rings. The predicted molar refractivity (Wildman–Crippen MR) is 48.4 cm³/mol. The average Bonchev–Trinajstić information content (AvgIpc) is 2.02. The maximum atomic E-state index is 12.5. The van der Waals surface area contributed by atoms with E-state index in [2.05, 4.69) is 17.0 Å². The van der Waals surface area contributed by atoms with Gasteiger partial charge < -0.3 is 4.74 Å². The summed E-state index contributed by atoms with van der Waals surface area (Å²) in [5.41, 5.74) is 0. The summed E-state index contributed by atoms with van der Waals surface area (Å²) in [6.07, 6.45) is 1.10. The number of unbranched alkanes of at least 4 members (excludes halogenated alkanes) is 1. The summed E-state index contributed by atoms with van der Waals surface area (Å²) < 4.78 is 61.1. The van der Waals surface area contributed by atoms with Crippen molar-refractivity contribution < 1.29 is 25.8 Å². The molecule has 8 heteroatoms. The van der Waals surface area contributed by atoms with E-state index in [9.17, 15) is 21.1 Å². The van der Waals surface area contributed by atoms with Gasteiger partial charge in [-0.1, -0.05) is 17.2 Å². The molecule has 0 aliphatic carbocycles. The first-order valence-corrected chi connectivity index (χ1v) is 5.52. The molecular weight excluding hydrogens is 241 g/mol. The van der Waals surface area contributed by atoms with Gasteiger partial charge in [-0.2, -0.15) is 17.2 Å². The smallest absolute Gasteiger partial charge is 0.440 e. The van der Waals surface area contributed by atoms with E-state index in [-0.39, 0.29) is 6.61 Å². The molecule has 0 spiro atoms. The van der Waals surface area contributed by atoms with E-state index in [0.29, 0.717) is 12.8 Å². The second kappa shape index (κ2) is 4.92. The third kappa shape index (κ3) is 3.41. The fourth-order valence-electron chi connectivity index (χ4n) is 0.493. The lowest BCUT2D eigenvalue weighted by atomic mass is 10.4. The Morgan fingerprint density at radius 2 is 2.00 bits per heavy atom. The van der Waals surface area contributed by atoms with Gasteiger partial charge in [0.15, 0.2) is 0 Å². The molecule has 14 heavy (non-hydrogen) atoms. The van der Waals surface area contributed by atoms with Gasteiger partial charge in [0.05, 0.1) is 6.61 Å². The summed E-state index contributed by atoms with van der Waals surface area (Å²) in [5, 5.41) is -6.29. The highest BCUT2D eigenvalue weighted by atomic mass is 32.3. The van der Waals surface area contributed by atoms with E-state index in [1.54, 1.807) is 6.92 Å². The molecule has 0 rings (SSSR count). The first kappa shape index (κ1) is 13.6. The summed E-state index contributed by atoms with van der Waals surface area (Å²) in [4.78, 5) is 0. The number of alkyl halides is 2. The van der Waals surface area contributed by atoms with E-state index in [4.69, 9.17) is 0 Å². The molecule has 0 unspecified atom stereocenters. The van der Waals surface area contributed by atoms with Gasteiger partial charge in [-0.05, 0) is 18.6 Å². The van der Waals surface area contributed by atoms with E-state index in [1.807, 2.05) is 0 Å². The molecule has 0 N–H and O–H groups in total. The zero-order valence-electron chi connectivity index (χ0n) is 7.30. The first-order valence-electron chi connectivity index (χ1n) is 3.72. The van der Waals surface area contributed by atoms with Gasteiger partial charge in [0.2, 0.25) is 5.05 Å². The quantitative estimate of drug-likeness (QED) is 0.425. The van der Waals surface area contributed by atoms with Crippen LogP contribution in [-0.4, -0.2) is 25.3 Å². The zero-order chi connectivity index (χ0) is 11.4. The highest BCUT2D eigenvalue weighted by Gasteiger charge is 2.52. The van der Waals surface area contributed by atoms with Gasteiger partial charge in [0, 0.05) is 0 Å². The lowest BCUT2D eigenvalue weighted by Crippen LogP contribution is -2.35. The standard InChI is InChI=1S/C6H9F3O3S2/c1-2-3-4-12-5(13)6(7,8)14(9,10)11/h2-4H2,1H3. The van der Waals surface area contributed by atoms with Crippen LogP contribution in [0.15, 0.2) is 0 Å². The molecule has 0 atom stereocenters. The zero-order valence-corrected chi connectivity index (χ0v) is 8.93. The van der Waals surface area contributed by atoms with Crippen LogP contribution < -0.4 is 0 Å². The molecule has 0 radical (unpaired) electrons. The molecule has 0 bridgehead atoms. The molecule has 3 nitrogen and oxygen atoms in total. The molecular formula is C6H9F3O3S2. The lowest BCUT2D eigenvalue weighted by molar-refractivity contribution is 0.124. The molecule has 0 aromatic rings. The number of thiocarbonyl (C=S) groups is 1. The second-order valence-corrected chi connectivity index (χ2v) is 4.20. The third-order valence-electron chi connectivity index (χ3n) is 1.27. The number of hydrogen-bond donors (Lipinski definition) is 0. The minimum Gasteiger partial charge on any atom is -0.481 e. The lowest BCUT2D eigenvalue weighted by Gasteiger charge is -2.13. The number of ether oxygens (including phenoxy) is 1. The van der Waals surface area contributed by atoms with Crippen molar-refractivity contribution in [2.45, 2.75) is 25.0 Å². The van der Waals surface area contributed by atoms with Crippen LogP contribution in [0.25, 0.3) is 0 Å². The minimum atomic E-state index is -6.04. The SMILES string of the molecule is CCCCOC(=S)C(F)(F)S(=O)(=O)F. The van der Waals surface area contributed by atoms with Crippen LogP contribution in [0, 0.1) is 0 Å². The number of hydrogen-bond acceptors (Lipinski definition) is 4. The van der Waals surface area contributed by atoms with E-state index < -0.39 is 20.5 Å². The van der Waals surface area contributed by atoms with Gasteiger partial charge in [-0.15, -0.1) is 0 Å². The van der Waals surface area contributed by atoms with Crippen LogP contribution in [0.2, 0.25) is 0 Å². The number of rotatable bonds is 5. The van der Waals surface area contributed by atoms with Crippen LogP contribution in [0.1, 0.15) is 19.8 Å². The predicted octanol–water partition coefficient (Wildman–Crippen LogP) is 2.02. The Bertz CT molecular complexity index is 299. The Hall–Kier alpha value is -0.370. The Labute approximate surface area is 85.5 Å². The highest BCUT2D eigenvalue weighted by molar-refractivity contribution is 7.90. The van der Waals surface area contributed by atoms with Crippen LogP contribution in [-0.2, 0) is 15.0 Å². The molecule has 0 aromatic carbocycles. The summed E-state index contributed by atoms with van der Waals surface area (Å²) in [7, 11) is -6.04. The monoisotopic (exact) mass is 250 g/mol. The van der Waals surface area contributed by atoms with Gasteiger partial charge in [0.1, 0.15) is 0 Å². The molecule has 0 saturated heterocycles. The first-order chi connectivity index (χ1) is 6.23. The summed E-state index contributed by atoms with van der Waals surface area (Å²) in [6, 6.07) is 0. The van der Waals surface area contributed by atoms with Crippen molar-refractivity contribution in [3.8, 4) is 0 Å². The van der Waals surface area contributed by atoms with Crippen LogP contribution in [0.3, 0.4) is 0 Å². The summed E-state index contributed by atoms with van der Waals surface area (Å²) >= 11 is 3.96. The Kier molecular flexibility index (Phi) is 4.79. The second-order valence-electron chi connectivity index (χ2n) is 2.44. The Balaban J connectivity index is 4.39. The van der Waals surface area contributed by atoms with Crippen molar-refractivity contribution >= 4 is 27.5 Å². The van der Waals surface area contributed by atoms with E-state index in [1.165, 1.54) is 0 Å².